The summed E-state index contributed by atoms with van der Waals surface area (Å²) in [7, 11) is 3.21. The second-order valence-corrected chi connectivity index (χ2v) is 7.99. The molecule has 2 aromatic rings. The van der Waals surface area contributed by atoms with Crippen LogP contribution in [-0.2, 0) is 5.54 Å². The van der Waals surface area contributed by atoms with Crippen LogP contribution >= 0.6 is 0 Å². The normalized spacial score (nSPS) is 19.2. The quantitative estimate of drug-likeness (QED) is 0.771. The van der Waals surface area contributed by atoms with Crippen LogP contribution in [0.15, 0.2) is 48.5 Å². The fourth-order valence-corrected chi connectivity index (χ4v) is 4.87. The van der Waals surface area contributed by atoms with Crippen molar-refractivity contribution in [3.63, 3.8) is 0 Å². The Hall–Kier alpha value is -2.53. The minimum absolute atomic E-state index is 0.0423. The van der Waals surface area contributed by atoms with Gasteiger partial charge in [-0.25, -0.2) is 0 Å². The molecule has 2 aromatic carbocycles. The van der Waals surface area contributed by atoms with Gasteiger partial charge in [0.25, 0.3) is 5.91 Å². The Kier molecular flexibility index (Phi) is 5.76. The average molecular weight is 395 g/mol. The van der Waals surface area contributed by atoms with E-state index < -0.39 is 0 Å². The van der Waals surface area contributed by atoms with Crippen molar-refractivity contribution >= 4 is 5.91 Å². The fourth-order valence-electron chi connectivity index (χ4n) is 4.87. The minimum Gasteiger partial charge on any atom is -0.497 e. The van der Waals surface area contributed by atoms with Crippen LogP contribution in [-0.4, -0.2) is 56.1 Å². The van der Waals surface area contributed by atoms with Crippen molar-refractivity contribution < 1.29 is 14.3 Å². The molecule has 2 aliphatic heterocycles. The molecule has 5 heteroatoms. The number of hydrogen-bond donors (Lipinski definition) is 0. The highest BCUT2D eigenvalue weighted by Crippen LogP contribution is 2.41. The summed E-state index contributed by atoms with van der Waals surface area (Å²) < 4.78 is 10.7. The van der Waals surface area contributed by atoms with E-state index in [1.165, 1.54) is 18.4 Å². The molecule has 29 heavy (non-hydrogen) atoms. The van der Waals surface area contributed by atoms with Crippen LogP contribution in [0.4, 0.5) is 0 Å². The van der Waals surface area contributed by atoms with E-state index in [1.807, 2.05) is 4.90 Å². The van der Waals surface area contributed by atoms with Gasteiger partial charge in [0, 0.05) is 30.3 Å². The standard InChI is InChI=1S/C24H30N2O3/c1-28-21-16-19(17-22(18-21)29-2)23(27)25-14-10-24(11-15-25,26-12-6-7-13-26)20-8-4-3-5-9-20/h3-5,8-9,16-18H,6-7,10-15H2,1-2H3. The van der Waals surface area contributed by atoms with Gasteiger partial charge in [0.05, 0.1) is 14.2 Å². The van der Waals surface area contributed by atoms with Crippen molar-refractivity contribution in [1.29, 1.82) is 0 Å². The Bertz CT molecular complexity index is 816. The lowest BCUT2D eigenvalue weighted by molar-refractivity contribution is 0.0294. The predicted octanol–water partition coefficient (Wildman–Crippen LogP) is 3.93. The van der Waals surface area contributed by atoms with Crippen LogP contribution in [0.5, 0.6) is 11.5 Å². The first-order chi connectivity index (χ1) is 14.2. The van der Waals surface area contributed by atoms with Gasteiger partial charge in [-0.3, -0.25) is 9.69 Å². The average Bonchev–Trinajstić information content (AvgIpc) is 3.34. The maximum Gasteiger partial charge on any atom is 0.254 e. The van der Waals surface area contributed by atoms with Gasteiger partial charge >= 0.3 is 0 Å². The Morgan fingerprint density at radius 2 is 1.45 bits per heavy atom. The zero-order valence-corrected chi connectivity index (χ0v) is 17.4. The lowest BCUT2D eigenvalue weighted by Gasteiger charge is -2.48. The number of carbonyl (C=O) groups is 1. The number of methoxy groups -OCH3 is 2. The van der Waals surface area contributed by atoms with E-state index >= 15 is 0 Å². The molecular formula is C24H30N2O3. The summed E-state index contributed by atoms with van der Waals surface area (Å²) in [4.78, 5) is 17.8. The van der Waals surface area contributed by atoms with E-state index in [0.717, 1.165) is 39.0 Å². The molecule has 2 aliphatic rings. The van der Waals surface area contributed by atoms with Crippen molar-refractivity contribution in [3.05, 3.63) is 59.7 Å². The third-order valence-corrected chi connectivity index (χ3v) is 6.50. The van der Waals surface area contributed by atoms with Crippen molar-refractivity contribution in [2.24, 2.45) is 0 Å². The minimum atomic E-state index is 0.0423. The van der Waals surface area contributed by atoms with Crippen molar-refractivity contribution in [1.82, 2.24) is 9.80 Å². The molecule has 1 amide bonds. The first kappa shape index (κ1) is 19.8. The van der Waals surface area contributed by atoms with Crippen LogP contribution in [0.3, 0.4) is 0 Å². The number of nitrogens with zero attached hydrogens (tertiary/aromatic N) is 2. The van der Waals surface area contributed by atoms with Crippen LogP contribution in [0, 0.1) is 0 Å². The molecule has 4 rings (SSSR count). The predicted molar refractivity (Wildman–Crippen MR) is 114 cm³/mol. The highest BCUT2D eigenvalue weighted by Gasteiger charge is 2.43. The molecule has 0 saturated carbocycles. The summed E-state index contributed by atoms with van der Waals surface area (Å²) in [5.74, 6) is 1.33. The topological polar surface area (TPSA) is 42.0 Å². The summed E-state index contributed by atoms with van der Waals surface area (Å²) in [5, 5.41) is 0. The number of hydrogen-bond acceptors (Lipinski definition) is 4. The Morgan fingerprint density at radius 3 is 2.00 bits per heavy atom. The number of piperidine rings is 1. The molecule has 2 saturated heterocycles. The maximum absolute atomic E-state index is 13.2. The molecule has 0 aromatic heterocycles. The molecule has 0 bridgehead atoms. The molecule has 0 unspecified atom stereocenters. The fraction of sp³-hybridized carbons (Fsp3) is 0.458. The molecule has 0 radical (unpaired) electrons. The van der Waals surface area contributed by atoms with Gasteiger partial charge in [-0.15, -0.1) is 0 Å². The Morgan fingerprint density at radius 1 is 0.862 bits per heavy atom. The lowest BCUT2D eigenvalue weighted by atomic mass is 9.79. The Balaban J connectivity index is 1.55. The second kappa shape index (κ2) is 8.46. The number of carbonyl (C=O) groups excluding carboxylic acids is 1. The molecule has 0 spiro atoms. The van der Waals surface area contributed by atoms with Gasteiger partial charge in [0.2, 0.25) is 0 Å². The third-order valence-electron chi connectivity index (χ3n) is 6.50. The van der Waals surface area contributed by atoms with Gasteiger partial charge in [0.1, 0.15) is 11.5 Å². The number of benzene rings is 2. The summed E-state index contributed by atoms with van der Waals surface area (Å²) in [6.45, 7) is 3.80. The molecule has 5 nitrogen and oxygen atoms in total. The van der Waals surface area contributed by atoms with Gasteiger partial charge in [-0.1, -0.05) is 30.3 Å². The van der Waals surface area contributed by atoms with Crippen LogP contribution in [0.25, 0.3) is 0 Å². The van der Waals surface area contributed by atoms with Gasteiger partial charge in [0.15, 0.2) is 0 Å². The molecular weight excluding hydrogens is 364 g/mol. The monoisotopic (exact) mass is 394 g/mol. The number of ether oxygens (including phenoxy) is 2. The second-order valence-electron chi connectivity index (χ2n) is 7.99. The first-order valence-corrected chi connectivity index (χ1v) is 10.5. The van der Waals surface area contributed by atoms with Crippen LogP contribution in [0.2, 0.25) is 0 Å². The number of amides is 1. The summed E-state index contributed by atoms with van der Waals surface area (Å²) in [6.07, 6.45) is 4.45. The SMILES string of the molecule is COc1cc(OC)cc(C(=O)N2CCC(c3ccccc3)(N3CCCC3)CC2)c1. The van der Waals surface area contributed by atoms with E-state index in [-0.39, 0.29) is 11.4 Å². The number of likely N-dealkylation sites (tertiary alicyclic amines) is 2. The van der Waals surface area contributed by atoms with E-state index in [2.05, 4.69) is 35.2 Å². The van der Waals surface area contributed by atoms with E-state index in [1.54, 1.807) is 32.4 Å². The zero-order chi connectivity index (χ0) is 20.3. The highest BCUT2D eigenvalue weighted by atomic mass is 16.5. The van der Waals surface area contributed by atoms with E-state index in [4.69, 9.17) is 9.47 Å². The molecule has 154 valence electrons. The van der Waals surface area contributed by atoms with E-state index in [9.17, 15) is 4.79 Å². The summed E-state index contributed by atoms with van der Waals surface area (Å²) in [5.41, 5.74) is 2.05. The summed E-state index contributed by atoms with van der Waals surface area (Å²) >= 11 is 0. The molecule has 0 N–H and O–H groups in total. The van der Waals surface area contributed by atoms with Crippen LogP contribution < -0.4 is 9.47 Å². The first-order valence-electron chi connectivity index (χ1n) is 10.5. The highest BCUT2D eigenvalue weighted by molar-refractivity contribution is 5.95. The van der Waals surface area contributed by atoms with Crippen molar-refractivity contribution in [2.45, 2.75) is 31.2 Å². The number of rotatable bonds is 5. The molecule has 2 fully saturated rings. The Labute approximate surface area is 173 Å². The maximum atomic E-state index is 13.2. The van der Waals surface area contributed by atoms with Crippen molar-refractivity contribution in [3.8, 4) is 11.5 Å². The van der Waals surface area contributed by atoms with Gasteiger partial charge in [-0.2, -0.15) is 0 Å². The largest absolute Gasteiger partial charge is 0.497 e. The molecule has 0 atom stereocenters. The van der Waals surface area contributed by atoms with Gasteiger partial charge < -0.3 is 14.4 Å². The smallest absolute Gasteiger partial charge is 0.254 e. The lowest BCUT2D eigenvalue weighted by Crippen LogP contribution is -2.53. The van der Waals surface area contributed by atoms with Crippen LogP contribution in [0.1, 0.15) is 41.6 Å². The third kappa shape index (κ3) is 3.84. The zero-order valence-electron chi connectivity index (χ0n) is 17.4. The van der Waals surface area contributed by atoms with E-state index in [0.29, 0.717) is 17.1 Å². The molecule has 2 heterocycles. The van der Waals surface area contributed by atoms with Crippen molar-refractivity contribution in [2.75, 3.05) is 40.4 Å². The van der Waals surface area contributed by atoms with Gasteiger partial charge in [-0.05, 0) is 56.5 Å². The molecule has 0 aliphatic carbocycles. The summed E-state index contributed by atoms with van der Waals surface area (Å²) in [6, 6.07) is 16.2.